The van der Waals surface area contributed by atoms with Crippen LogP contribution < -0.4 is 10.5 Å². The second kappa shape index (κ2) is 7.95. The Kier molecular flexibility index (Phi) is 5.71. The van der Waals surface area contributed by atoms with Crippen molar-refractivity contribution in [2.24, 2.45) is 5.73 Å². The molecule has 0 saturated carbocycles. The van der Waals surface area contributed by atoms with E-state index in [-0.39, 0.29) is 17.9 Å². The summed E-state index contributed by atoms with van der Waals surface area (Å²) in [6.07, 6.45) is 1.27. The number of nitriles is 1. The lowest BCUT2D eigenvalue weighted by Gasteiger charge is -2.10. The smallest absolute Gasteiger partial charge is 0.269 e. The molecular formula is C17H12ClN3O4. The van der Waals surface area contributed by atoms with Gasteiger partial charge in [-0.3, -0.25) is 14.9 Å². The number of non-ortho nitro benzene ring substituents is 1. The van der Waals surface area contributed by atoms with E-state index in [4.69, 9.17) is 27.3 Å². The predicted molar refractivity (Wildman–Crippen MR) is 91.7 cm³/mol. The van der Waals surface area contributed by atoms with Gasteiger partial charge in [-0.05, 0) is 29.8 Å². The van der Waals surface area contributed by atoms with Crippen molar-refractivity contribution in [3.63, 3.8) is 0 Å². The minimum absolute atomic E-state index is 0.0437. The zero-order valence-corrected chi connectivity index (χ0v) is 13.6. The van der Waals surface area contributed by atoms with E-state index >= 15 is 0 Å². The number of hydrogen-bond acceptors (Lipinski definition) is 5. The Morgan fingerprint density at radius 3 is 2.76 bits per heavy atom. The number of ether oxygens (including phenoxy) is 1. The molecule has 2 N–H and O–H groups in total. The zero-order valence-electron chi connectivity index (χ0n) is 12.8. The highest BCUT2D eigenvalue weighted by Crippen LogP contribution is 2.26. The summed E-state index contributed by atoms with van der Waals surface area (Å²) >= 11 is 5.94. The van der Waals surface area contributed by atoms with Gasteiger partial charge in [0.25, 0.3) is 11.6 Å². The molecule has 126 valence electrons. The molecule has 0 aliphatic heterocycles. The van der Waals surface area contributed by atoms with E-state index in [0.29, 0.717) is 21.9 Å². The van der Waals surface area contributed by atoms with Crippen LogP contribution in [-0.4, -0.2) is 10.8 Å². The summed E-state index contributed by atoms with van der Waals surface area (Å²) in [5.41, 5.74) is 5.82. The van der Waals surface area contributed by atoms with E-state index in [1.807, 2.05) is 0 Å². The molecule has 0 unspecified atom stereocenters. The molecule has 0 heterocycles. The Morgan fingerprint density at radius 2 is 2.12 bits per heavy atom. The molecule has 25 heavy (non-hydrogen) atoms. The summed E-state index contributed by atoms with van der Waals surface area (Å²) in [7, 11) is 0. The van der Waals surface area contributed by atoms with E-state index in [1.54, 1.807) is 30.3 Å². The quantitative estimate of drug-likeness (QED) is 0.368. The topological polar surface area (TPSA) is 119 Å². The number of nitrogens with two attached hydrogens (primary N) is 1. The lowest BCUT2D eigenvalue weighted by molar-refractivity contribution is -0.384. The van der Waals surface area contributed by atoms with Gasteiger partial charge in [-0.2, -0.15) is 5.26 Å². The number of carbonyl (C=O) groups excluding carboxylic acids is 1. The van der Waals surface area contributed by atoms with Crippen LogP contribution in [0.15, 0.2) is 48.0 Å². The number of amides is 1. The highest BCUT2D eigenvalue weighted by atomic mass is 35.5. The lowest BCUT2D eigenvalue weighted by atomic mass is 10.1. The van der Waals surface area contributed by atoms with Gasteiger partial charge in [0.15, 0.2) is 0 Å². The fourth-order valence-electron chi connectivity index (χ4n) is 2.00. The van der Waals surface area contributed by atoms with Crippen molar-refractivity contribution in [1.29, 1.82) is 5.26 Å². The van der Waals surface area contributed by atoms with Gasteiger partial charge in [-0.15, -0.1) is 0 Å². The number of rotatable bonds is 6. The van der Waals surface area contributed by atoms with E-state index in [9.17, 15) is 14.9 Å². The average Bonchev–Trinajstić information content (AvgIpc) is 2.58. The number of nitro groups is 1. The molecule has 0 bridgehead atoms. The maximum Gasteiger partial charge on any atom is 0.269 e. The van der Waals surface area contributed by atoms with Crippen LogP contribution in [0.25, 0.3) is 6.08 Å². The number of carbonyl (C=O) groups is 1. The van der Waals surface area contributed by atoms with Crippen LogP contribution in [0.1, 0.15) is 11.1 Å². The van der Waals surface area contributed by atoms with Gasteiger partial charge in [0.05, 0.1) is 4.92 Å². The molecule has 0 aromatic heterocycles. The molecule has 8 heteroatoms. The van der Waals surface area contributed by atoms with Crippen LogP contribution in [-0.2, 0) is 11.4 Å². The van der Waals surface area contributed by atoms with E-state index < -0.39 is 10.8 Å². The van der Waals surface area contributed by atoms with Crippen LogP contribution in [0.3, 0.4) is 0 Å². The summed E-state index contributed by atoms with van der Waals surface area (Å²) in [5, 5.41) is 20.1. The standard InChI is InChI=1S/C17H12ClN3O4/c18-14-4-5-16(12(8-14)7-13(9-19)17(20)22)25-10-11-2-1-3-15(6-11)21(23)24/h1-8H,10H2,(H2,20,22)/b13-7+. The third-order valence-corrected chi connectivity index (χ3v) is 3.41. The van der Waals surface area contributed by atoms with Crippen LogP contribution in [0.2, 0.25) is 5.02 Å². The van der Waals surface area contributed by atoms with Gasteiger partial charge < -0.3 is 10.5 Å². The molecule has 2 aromatic carbocycles. The minimum atomic E-state index is -0.868. The first-order chi connectivity index (χ1) is 11.9. The highest BCUT2D eigenvalue weighted by Gasteiger charge is 2.10. The zero-order chi connectivity index (χ0) is 18.4. The second-order valence-corrected chi connectivity index (χ2v) is 5.37. The van der Waals surface area contributed by atoms with Gasteiger partial charge in [-0.1, -0.05) is 23.7 Å². The molecule has 0 radical (unpaired) electrons. The lowest BCUT2D eigenvalue weighted by Crippen LogP contribution is -2.12. The summed E-state index contributed by atoms with van der Waals surface area (Å²) in [5.74, 6) is -0.517. The molecule has 0 fully saturated rings. The van der Waals surface area contributed by atoms with Crippen molar-refractivity contribution in [3.8, 4) is 11.8 Å². The number of nitrogens with zero attached hydrogens (tertiary/aromatic N) is 2. The van der Waals surface area contributed by atoms with Crippen LogP contribution in [0, 0.1) is 21.4 Å². The van der Waals surface area contributed by atoms with Gasteiger partial charge >= 0.3 is 0 Å². The Balaban J connectivity index is 2.29. The predicted octanol–water partition coefficient (Wildman–Crippen LogP) is 3.22. The number of nitro benzene ring substituents is 1. The van der Waals surface area contributed by atoms with Crippen molar-refractivity contribution < 1.29 is 14.5 Å². The third kappa shape index (κ3) is 4.80. The van der Waals surface area contributed by atoms with Crippen molar-refractivity contribution in [1.82, 2.24) is 0 Å². The fraction of sp³-hybridized carbons (Fsp3) is 0.0588. The van der Waals surface area contributed by atoms with Crippen molar-refractivity contribution >= 4 is 29.3 Å². The maximum absolute atomic E-state index is 11.2. The first-order valence-corrected chi connectivity index (χ1v) is 7.36. The summed E-state index contributed by atoms with van der Waals surface area (Å²) in [4.78, 5) is 21.5. The molecular weight excluding hydrogens is 346 g/mol. The minimum Gasteiger partial charge on any atom is -0.488 e. The van der Waals surface area contributed by atoms with E-state index in [1.165, 1.54) is 24.3 Å². The number of hydrogen-bond donors (Lipinski definition) is 1. The van der Waals surface area contributed by atoms with Gasteiger partial charge in [0.1, 0.15) is 24.0 Å². The summed E-state index contributed by atoms with van der Waals surface area (Å²) in [6, 6.07) is 12.4. The summed E-state index contributed by atoms with van der Waals surface area (Å²) < 4.78 is 5.65. The second-order valence-electron chi connectivity index (χ2n) is 4.93. The molecule has 7 nitrogen and oxygen atoms in total. The van der Waals surface area contributed by atoms with Gasteiger partial charge in [0, 0.05) is 22.7 Å². The number of benzene rings is 2. The number of halogens is 1. The van der Waals surface area contributed by atoms with Gasteiger partial charge in [-0.25, -0.2) is 0 Å². The SMILES string of the molecule is N#C/C(=C\c1cc(Cl)ccc1OCc1cccc([N+](=O)[O-])c1)C(N)=O. The molecule has 0 atom stereocenters. The maximum atomic E-state index is 11.2. The molecule has 0 saturated heterocycles. The molecule has 0 spiro atoms. The van der Waals surface area contributed by atoms with E-state index in [2.05, 4.69) is 0 Å². The van der Waals surface area contributed by atoms with Crippen LogP contribution in [0.4, 0.5) is 5.69 Å². The van der Waals surface area contributed by atoms with Gasteiger partial charge in [0.2, 0.25) is 0 Å². The first-order valence-electron chi connectivity index (χ1n) is 6.98. The monoisotopic (exact) mass is 357 g/mol. The largest absolute Gasteiger partial charge is 0.488 e. The Labute approximate surface area is 148 Å². The number of primary amides is 1. The molecule has 0 aliphatic carbocycles. The van der Waals surface area contributed by atoms with Crippen molar-refractivity contribution in [3.05, 3.63) is 74.3 Å². The average molecular weight is 358 g/mol. The first kappa shape index (κ1) is 18.0. The molecule has 2 rings (SSSR count). The Hall–Kier alpha value is -3.37. The Morgan fingerprint density at radius 1 is 1.36 bits per heavy atom. The highest BCUT2D eigenvalue weighted by molar-refractivity contribution is 6.30. The van der Waals surface area contributed by atoms with Crippen molar-refractivity contribution in [2.45, 2.75) is 6.61 Å². The molecule has 0 aliphatic rings. The third-order valence-electron chi connectivity index (χ3n) is 3.17. The molecule has 2 aromatic rings. The van der Waals surface area contributed by atoms with Crippen LogP contribution in [0.5, 0.6) is 5.75 Å². The fourth-order valence-corrected chi connectivity index (χ4v) is 2.18. The Bertz CT molecular complexity index is 903. The van der Waals surface area contributed by atoms with Crippen molar-refractivity contribution in [2.75, 3.05) is 0 Å². The molecule has 1 amide bonds. The summed E-state index contributed by atoms with van der Waals surface area (Å²) in [6.45, 7) is 0.0581. The normalized spacial score (nSPS) is 10.8. The van der Waals surface area contributed by atoms with Crippen LogP contribution >= 0.6 is 11.6 Å². The van der Waals surface area contributed by atoms with E-state index in [0.717, 1.165) is 0 Å².